The van der Waals surface area contributed by atoms with E-state index in [0.717, 1.165) is 5.56 Å². The van der Waals surface area contributed by atoms with Gasteiger partial charge in [-0.1, -0.05) is 18.2 Å². The van der Waals surface area contributed by atoms with Crippen LogP contribution in [-0.2, 0) is 14.4 Å². The van der Waals surface area contributed by atoms with Gasteiger partial charge in [0.15, 0.2) is 0 Å². The number of carbonyl (C=O) groups is 3. The zero-order valence-corrected chi connectivity index (χ0v) is 13.6. The van der Waals surface area contributed by atoms with Gasteiger partial charge in [0.25, 0.3) is 0 Å². The molecule has 0 aromatic heterocycles. The molecule has 3 N–H and O–H groups in total. The molecule has 6 heteroatoms. The second-order valence-electron chi connectivity index (χ2n) is 5.40. The lowest BCUT2D eigenvalue weighted by molar-refractivity contribution is -0.123. The molecule has 0 aliphatic heterocycles. The van der Waals surface area contributed by atoms with E-state index in [2.05, 4.69) is 16.0 Å². The molecule has 6 nitrogen and oxygen atoms in total. The molecule has 24 heavy (non-hydrogen) atoms. The van der Waals surface area contributed by atoms with E-state index in [0.29, 0.717) is 17.1 Å². The molecule has 0 fully saturated rings. The number of nitrogens with one attached hydrogen (secondary N) is 3. The summed E-state index contributed by atoms with van der Waals surface area (Å²) < 4.78 is 0. The molecular weight excluding hydrogens is 306 g/mol. The van der Waals surface area contributed by atoms with E-state index in [4.69, 9.17) is 0 Å². The number of hydrogen-bond donors (Lipinski definition) is 3. The van der Waals surface area contributed by atoms with E-state index in [1.807, 2.05) is 25.1 Å². The topological polar surface area (TPSA) is 87.3 Å². The second kappa shape index (κ2) is 7.92. The predicted molar refractivity (Wildman–Crippen MR) is 93.8 cm³/mol. The number of rotatable bonds is 5. The van der Waals surface area contributed by atoms with Gasteiger partial charge in [-0.2, -0.15) is 0 Å². The van der Waals surface area contributed by atoms with Crippen LogP contribution < -0.4 is 16.0 Å². The fraction of sp³-hybridized carbons (Fsp3) is 0.167. The van der Waals surface area contributed by atoms with Gasteiger partial charge in [-0.05, 0) is 42.8 Å². The van der Waals surface area contributed by atoms with Crippen LogP contribution in [0, 0.1) is 6.92 Å². The highest BCUT2D eigenvalue weighted by Gasteiger charge is 2.10. The number of amides is 3. The molecule has 0 radical (unpaired) electrons. The van der Waals surface area contributed by atoms with Gasteiger partial charge in [0.05, 0.1) is 0 Å². The standard InChI is InChI=1S/C18H19N3O3/c1-12-5-3-6-14(9-12)20-17(23)11-18(24)21-16-8-4-7-15(10-16)19-13(2)22/h3-10H,11H2,1-2H3,(H,19,22)(H,20,23)(H,21,24). The maximum atomic E-state index is 12.0. The number of aryl methyl sites for hydroxylation is 1. The SMILES string of the molecule is CC(=O)Nc1cccc(NC(=O)CC(=O)Nc2cccc(C)c2)c1. The van der Waals surface area contributed by atoms with E-state index in [-0.39, 0.29) is 12.3 Å². The van der Waals surface area contributed by atoms with Crippen LogP contribution in [0.3, 0.4) is 0 Å². The van der Waals surface area contributed by atoms with Crippen molar-refractivity contribution in [1.29, 1.82) is 0 Å². The molecule has 2 aromatic carbocycles. The molecule has 0 saturated carbocycles. The van der Waals surface area contributed by atoms with E-state index in [1.54, 1.807) is 30.3 Å². The van der Waals surface area contributed by atoms with Gasteiger partial charge in [-0.3, -0.25) is 14.4 Å². The average molecular weight is 325 g/mol. The Morgan fingerprint density at radius 1 is 0.792 bits per heavy atom. The smallest absolute Gasteiger partial charge is 0.233 e. The fourth-order valence-corrected chi connectivity index (χ4v) is 2.16. The summed E-state index contributed by atoms with van der Waals surface area (Å²) in [5.74, 6) is -1.02. The molecule has 0 heterocycles. The molecule has 0 spiro atoms. The lowest BCUT2D eigenvalue weighted by Crippen LogP contribution is -2.21. The quantitative estimate of drug-likeness (QED) is 0.739. The molecule has 0 aliphatic carbocycles. The lowest BCUT2D eigenvalue weighted by atomic mass is 10.2. The van der Waals surface area contributed by atoms with Crippen LogP contribution in [0.25, 0.3) is 0 Å². The van der Waals surface area contributed by atoms with Crippen LogP contribution in [-0.4, -0.2) is 17.7 Å². The molecule has 0 saturated heterocycles. The van der Waals surface area contributed by atoms with Crippen LogP contribution in [0.1, 0.15) is 18.9 Å². The van der Waals surface area contributed by atoms with Crippen LogP contribution in [0.5, 0.6) is 0 Å². The average Bonchev–Trinajstić information content (AvgIpc) is 2.46. The lowest BCUT2D eigenvalue weighted by Gasteiger charge is -2.09. The highest BCUT2D eigenvalue weighted by atomic mass is 16.2. The Morgan fingerprint density at radius 3 is 1.83 bits per heavy atom. The van der Waals surface area contributed by atoms with Crippen molar-refractivity contribution in [2.75, 3.05) is 16.0 Å². The number of hydrogen-bond acceptors (Lipinski definition) is 3. The van der Waals surface area contributed by atoms with Crippen LogP contribution in [0.4, 0.5) is 17.1 Å². The molecule has 2 rings (SSSR count). The van der Waals surface area contributed by atoms with E-state index in [9.17, 15) is 14.4 Å². The maximum Gasteiger partial charge on any atom is 0.233 e. The Labute approximate surface area is 140 Å². The summed E-state index contributed by atoms with van der Waals surface area (Å²) in [6, 6.07) is 14.1. The predicted octanol–water partition coefficient (Wildman–Crippen LogP) is 2.92. The first-order valence-corrected chi connectivity index (χ1v) is 7.46. The molecule has 0 bridgehead atoms. The van der Waals surface area contributed by atoms with Crippen molar-refractivity contribution in [3.05, 3.63) is 54.1 Å². The monoisotopic (exact) mass is 325 g/mol. The van der Waals surface area contributed by atoms with Crippen molar-refractivity contribution >= 4 is 34.8 Å². The first-order valence-electron chi connectivity index (χ1n) is 7.46. The normalized spacial score (nSPS) is 9.92. The molecule has 0 atom stereocenters. The third-order valence-corrected chi connectivity index (χ3v) is 3.09. The Hall–Kier alpha value is -3.15. The minimum atomic E-state index is -0.430. The molecule has 0 aliphatic rings. The van der Waals surface area contributed by atoms with Gasteiger partial charge in [-0.15, -0.1) is 0 Å². The Balaban J connectivity index is 1.90. The summed E-state index contributed by atoms with van der Waals surface area (Å²) in [5, 5.41) is 7.94. The van der Waals surface area contributed by atoms with Gasteiger partial charge in [0.2, 0.25) is 17.7 Å². The zero-order chi connectivity index (χ0) is 17.5. The Bertz CT molecular complexity index is 772. The van der Waals surface area contributed by atoms with E-state index >= 15 is 0 Å². The van der Waals surface area contributed by atoms with Gasteiger partial charge in [0, 0.05) is 24.0 Å². The van der Waals surface area contributed by atoms with Gasteiger partial charge >= 0.3 is 0 Å². The first-order chi connectivity index (χ1) is 11.4. The second-order valence-corrected chi connectivity index (χ2v) is 5.40. The summed E-state index contributed by atoms with van der Waals surface area (Å²) in [4.78, 5) is 34.9. The summed E-state index contributed by atoms with van der Waals surface area (Å²) >= 11 is 0. The van der Waals surface area contributed by atoms with Crippen molar-refractivity contribution in [2.45, 2.75) is 20.3 Å². The van der Waals surface area contributed by atoms with Crippen molar-refractivity contribution in [1.82, 2.24) is 0 Å². The number of benzene rings is 2. The fourth-order valence-electron chi connectivity index (χ4n) is 2.16. The van der Waals surface area contributed by atoms with Gasteiger partial charge < -0.3 is 16.0 Å². The largest absolute Gasteiger partial charge is 0.326 e. The third-order valence-electron chi connectivity index (χ3n) is 3.09. The summed E-state index contributed by atoms with van der Waals surface area (Å²) in [7, 11) is 0. The summed E-state index contributed by atoms with van der Waals surface area (Å²) in [6.07, 6.45) is -0.293. The summed E-state index contributed by atoms with van der Waals surface area (Å²) in [6.45, 7) is 3.32. The highest BCUT2D eigenvalue weighted by molar-refractivity contribution is 6.08. The van der Waals surface area contributed by atoms with Crippen molar-refractivity contribution < 1.29 is 14.4 Å². The molecule has 0 unspecified atom stereocenters. The molecule has 124 valence electrons. The molecule has 3 amide bonds. The Kier molecular flexibility index (Phi) is 5.68. The minimum Gasteiger partial charge on any atom is -0.326 e. The van der Waals surface area contributed by atoms with E-state index in [1.165, 1.54) is 6.92 Å². The first kappa shape index (κ1) is 17.2. The van der Waals surface area contributed by atoms with Crippen molar-refractivity contribution in [3.63, 3.8) is 0 Å². The minimum absolute atomic E-state index is 0.198. The van der Waals surface area contributed by atoms with E-state index < -0.39 is 11.8 Å². The molecular formula is C18H19N3O3. The van der Waals surface area contributed by atoms with Crippen LogP contribution in [0.15, 0.2) is 48.5 Å². The van der Waals surface area contributed by atoms with Crippen molar-refractivity contribution in [2.24, 2.45) is 0 Å². The Morgan fingerprint density at radius 2 is 1.29 bits per heavy atom. The van der Waals surface area contributed by atoms with Gasteiger partial charge in [0.1, 0.15) is 6.42 Å². The van der Waals surface area contributed by atoms with Crippen LogP contribution >= 0.6 is 0 Å². The third kappa shape index (κ3) is 5.57. The molecule has 2 aromatic rings. The number of carbonyl (C=O) groups excluding carboxylic acids is 3. The van der Waals surface area contributed by atoms with Gasteiger partial charge in [-0.25, -0.2) is 0 Å². The highest BCUT2D eigenvalue weighted by Crippen LogP contribution is 2.15. The maximum absolute atomic E-state index is 12.0. The van der Waals surface area contributed by atoms with Crippen LogP contribution in [0.2, 0.25) is 0 Å². The number of anilines is 3. The zero-order valence-electron chi connectivity index (χ0n) is 13.6. The van der Waals surface area contributed by atoms with Crippen molar-refractivity contribution in [3.8, 4) is 0 Å². The summed E-state index contributed by atoms with van der Waals surface area (Å²) in [5.41, 5.74) is 2.76.